The molecule has 0 spiro atoms. The third-order valence-electron chi connectivity index (χ3n) is 1.84. The van der Waals surface area contributed by atoms with E-state index in [0.717, 1.165) is 5.69 Å². The van der Waals surface area contributed by atoms with Crippen LogP contribution in [-0.2, 0) is 9.53 Å². The molecule has 0 aliphatic heterocycles. The van der Waals surface area contributed by atoms with Gasteiger partial charge in [-0.05, 0) is 26.0 Å². The monoisotopic (exact) mass is 205 g/mol. The van der Waals surface area contributed by atoms with Crippen molar-refractivity contribution >= 4 is 11.7 Å². The number of esters is 1. The van der Waals surface area contributed by atoms with Gasteiger partial charge in [-0.25, -0.2) is 4.79 Å². The van der Waals surface area contributed by atoms with Crippen molar-refractivity contribution in [2.24, 2.45) is 0 Å². The Morgan fingerprint density at radius 1 is 1.40 bits per heavy atom. The van der Waals surface area contributed by atoms with E-state index >= 15 is 0 Å². The predicted molar refractivity (Wildman–Crippen MR) is 60.5 cm³/mol. The minimum absolute atomic E-state index is 0.330. The first kappa shape index (κ1) is 11.3. The summed E-state index contributed by atoms with van der Waals surface area (Å²) in [7, 11) is 0. The van der Waals surface area contributed by atoms with Crippen molar-refractivity contribution < 1.29 is 9.53 Å². The maximum atomic E-state index is 11.4. The second-order valence-electron chi connectivity index (χ2n) is 2.91. The van der Waals surface area contributed by atoms with Crippen molar-refractivity contribution in [1.29, 1.82) is 0 Å². The number of carbonyl (C=O) groups is 1. The summed E-state index contributed by atoms with van der Waals surface area (Å²) in [6.07, 6.45) is 1.70. The first-order valence-corrected chi connectivity index (χ1v) is 4.93. The van der Waals surface area contributed by atoms with Gasteiger partial charge in [-0.2, -0.15) is 0 Å². The molecule has 1 aromatic rings. The van der Waals surface area contributed by atoms with E-state index in [1.807, 2.05) is 30.3 Å². The van der Waals surface area contributed by atoms with Gasteiger partial charge in [-0.3, -0.25) is 0 Å². The molecule has 80 valence electrons. The molecule has 0 saturated heterocycles. The molecule has 0 aliphatic carbocycles. The van der Waals surface area contributed by atoms with Gasteiger partial charge in [0.25, 0.3) is 0 Å². The minimum Gasteiger partial charge on any atom is -0.461 e. The van der Waals surface area contributed by atoms with Crippen molar-refractivity contribution in [3.8, 4) is 0 Å². The minimum atomic E-state index is -0.330. The molecule has 0 radical (unpaired) electrons. The Morgan fingerprint density at radius 3 is 2.60 bits per heavy atom. The molecular weight excluding hydrogens is 190 g/mol. The third-order valence-corrected chi connectivity index (χ3v) is 1.84. The molecule has 0 aromatic heterocycles. The molecule has 1 aromatic carbocycles. The van der Waals surface area contributed by atoms with Crippen LogP contribution in [0.4, 0.5) is 5.69 Å². The van der Waals surface area contributed by atoms with Crippen LogP contribution in [0.15, 0.2) is 42.1 Å². The number of benzene rings is 1. The molecule has 0 saturated carbocycles. The first-order valence-electron chi connectivity index (χ1n) is 4.93. The van der Waals surface area contributed by atoms with Crippen molar-refractivity contribution in [2.45, 2.75) is 13.8 Å². The van der Waals surface area contributed by atoms with Crippen LogP contribution in [0.25, 0.3) is 0 Å². The van der Waals surface area contributed by atoms with Crippen molar-refractivity contribution in [3.63, 3.8) is 0 Å². The molecule has 0 fully saturated rings. The molecular formula is C12H15NO2. The van der Waals surface area contributed by atoms with E-state index < -0.39 is 0 Å². The van der Waals surface area contributed by atoms with Gasteiger partial charge in [-0.1, -0.05) is 24.3 Å². The van der Waals surface area contributed by atoms with E-state index in [9.17, 15) is 4.79 Å². The summed E-state index contributed by atoms with van der Waals surface area (Å²) in [5.41, 5.74) is 1.33. The Bertz CT molecular complexity index is 344. The molecule has 0 heterocycles. The summed E-state index contributed by atoms with van der Waals surface area (Å²) in [6.45, 7) is 3.96. The number of anilines is 1. The van der Waals surface area contributed by atoms with Gasteiger partial charge in [0, 0.05) is 5.69 Å². The summed E-state index contributed by atoms with van der Waals surface area (Å²) in [5, 5.41) is 3.00. The van der Waals surface area contributed by atoms with Gasteiger partial charge in [0.15, 0.2) is 0 Å². The highest BCUT2D eigenvalue weighted by Crippen LogP contribution is 2.09. The van der Waals surface area contributed by atoms with E-state index in [1.54, 1.807) is 19.9 Å². The Morgan fingerprint density at radius 2 is 2.07 bits per heavy atom. The number of allylic oxidation sites excluding steroid dienone is 1. The predicted octanol–water partition coefficient (Wildman–Crippen LogP) is 2.57. The molecule has 3 heteroatoms. The molecule has 0 bridgehead atoms. The highest BCUT2D eigenvalue weighted by Gasteiger charge is 2.08. The van der Waals surface area contributed by atoms with Gasteiger partial charge in [-0.15, -0.1) is 0 Å². The van der Waals surface area contributed by atoms with Gasteiger partial charge in [0.2, 0.25) is 0 Å². The molecule has 0 atom stereocenters. The van der Waals surface area contributed by atoms with E-state index in [2.05, 4.69) is 5.32 Å². The molecule has 1 rings (SSSR count). The van der Waals surface area contributed by atoms with E-state index in [0.29, 0.717) is 12.3 Å². The number of carbonyl (C=O) groups excluding carboxylic acids is 1. The van der Waals surface area contributed by atoms with Gasteiger partial charge < -0.3 is 10.1 Å². The Hall–Kier alpha value is -1.77. The fourth-order valence-electron chi connectivity index (χ4n) is 1.13. The van der Waals surface area contributed by atoms with Crippen LogP contribution < -0.4 is 5.32 Å². The lowest BCUT2D eigenvalue weighted by Gasteiger charge is -2.09. The molecule has 3 nitrogen and oxygen atoms in total. The quantitative estimate of drug-likeness (QED) is 0.606. The highest BCUT2D eigenvalue weighted by molar-refractivity contribution is 5.91. The summed E-state index contributed by atoms with van der Waals surface area (Å²) in [4.78, 5) is 11.4. The third kappa shape index (κ3) is 3.46. The Kier molecular flexibility index (Phi) is 4.41. The van der Waals surface area contributed by atoms with Crippen LogP contribution in [0.1, 0.15) is 13.8 Å². The SMILES string of the molecule is CC=C(Nc1ccccc1)C(=O)OCC. The van der Waals surface area contributed by atoms with E-state index in [1.165, 1.54) is 0 Å². The normalized spacial score (nSPS) is 10.9. The zero-order valence-corrected chi connectivity index (χ0v) is 8.99. The average molecular weight is 205 g/mol. The van der Waals surface area contributed by atoms with E-state index in [-0.39, 0.29) is 5.97 Å². The molecule has 0 unspecified atom stereocenters. The molecule has 1 N–H and O–H groups in total. The largest absolute Gasteiger partial charge is 0.461 e. The number of rotatable bonds is 4. The van der Waals surface area contributed by atoms with E-state index in [4.69, 9.17) is 4.74 Å². The van der Waals surface area contributed by atoms with Crippen molar-refractivity contribution in [1.82, 2.24) is 0 Å². The maximum Gasteiger partial charge on any atom is 0.354 e. The summed E-state index contributed by atoms with van der Waals surface area (Å²) in [6, 6.07) is 9.51. The zero-order valence-electron chi connectivity index (χ0n) is 8.99. The summed E-state index contributed by atoms with van der Waals surface area (Å²) in [5.74, 6) is -0.330. The standard InChI is InChI=1S/C12H15NO2/c1-3-11(12(14)15-4-2)13-10-8-6-5-7-9-10/h3,5-9,13H,4H2,1-2H3. The van der Waals surface area contributed by atoms with Gasteiger partial charge >= 0.3 is 5.97 Å². The first-order chi connectivity index (χ1) is 7.27. The number of hydrogen-bond donors (Lipinski definition) is 1. The van der Waals surface area contributed by atoms with Crippen LogP contribution in [0.3, 0.4) is 0 Å². The second-order valence-corrected chi connectivity index (χ2v) is 2.91. The second kappa shape index (κ2) is 5.86. The Labute approximate surface area is 89.8 Å². The van der Waals surface area contributed by atoms with Crippen LogP contribution in [0, 0.1) is 0 Å². The Balaban J connectivity index is 2.67. The fourth-order valence-corrected chi connectivity index (χ4v) is 1.13. The van der Waals surface area contributed by atoms with Crippen LogP contribution >= 0.6 is 0 Å². The fraction of sp³-hybridized carbons (Fsp3) is 0.250. The van der Waals surface area contributed by atoms with Crippen LogP contribution in [0.2, 0.25) is 0 Å². The lowest BCUT2D eigenvalue weighted by molar-refractivity contribution is -0.138. The highest BCUT2D eigenvalue weighted by atomic mass is 16.5. The topological polar surface area (TPSA) is 38.3 Å². The van der Waals surface area contributed by atoms with Gasteiger partial charge in [0.1, 0.15) is 5.70 Å². The smallest absolute Gasteiger partial charge is 0.354 e. The van der Waals surface area contributed by atoms with Crippen molar-refractivity contribution in [3.05, 3.63) is 42.1 Å². The molecule has 0 amide bonds. The lowest BCUT2D eigenvalue weighted by Crippen LogP contribution is -2.14. The average Bonchev–Trinajstić information content (AvgIpc) is 2.27. The summed E-state index contributed by atoms with van der Waals surface area (Å²) >= 11 is 0. The maximum absolute atomic E-state index is 11.4. The number of para-hydroxylation sites is 1. The molecule has 0 aliphatic rings. The van der Waals surface area contributed by atoms with Gasteiger partial charge in [0.05, 0.1) is 6.61 Å². The lowest BCUT2D eigenvalue weighted by atomic mass is 10.3. The number of hydrogen-bond acceptors (Lipinski definition) is 3. The number of ether oxygens (including phenoxy) is 1. The van der Waals surface area contributed by atoms with Crippen molar-refractivity contribution in [2.75, 3.05) is 11.9 Å². The van der Waals surface area contributed by atoms with Crippen LogP contribution in [0.5, 0.6) is 0 Å². The molecule has 15 heavy (non-hydrogen) atoms. The zero-order chi connectivity index (χ0) is 11.1. The van der Waals surface area contributed by atoms with Crippen LogP contribution in [-0.4, -0.2) is 12.6 Å². The summed E-state index contributed by atoms with van der Waals surface area (Å²) < 4.78 is 4.90. The number of nitrogens with one attached hydrogen (secondary N) is 1.